The van der Waals surface area contributed by atoms with E-state index >= 15 is 0 Å². The maximum Gasteiger partial charge on any atom is 0.317 e. The van der Waals surface area contributed by atoms with Gasteiger partial charge in [0.15, 0.2) is 0 Å². The molecule has 1 unspecified atom stereocenters. The Morgan fingerprint density at radius 1 is 1.43 bits per heavy atom. The summed E-state index contributed by atoms with van der Waals surface area (Å²) in [6.45, 7) is 4.70. The van der Waals surface area contributed by atoms with Crippen LogP contribution in [-0.4, -0.2) is 44.7 Å². The molecule has 1 aromatic rings. The van der Waals surface area contributed by atoms with E-state index in [1.165, 1.54) is 11.2 Å². The average Bonchev–Trinajstić information content (AvgIpc) is 2.92. The van der Waals surface area contributed by atoms with E-state index in [1.807, 2.05) is 13.8 Å². The highest BCUT2D eigenvalue weighted by molar-refractivity contribution is 5.74. The number of amides is 2. The highest BCUT2D eigenvalue weighted by Crippen LogP contribution is 2.27. The van der Waals surface area contributed by atoms with E-state index in [1.54, 1.807) is 4.68 Å². The van der Waals surface area contributed by atoms with Crippen molar-refractivity contribution in [2.45, 2.75) is 51.6 Å². The summed E-state index contributed by atoms with van der Waals surface area (Å²) in [5, 5.41) is 6.94. The molecular formula is C13H21F2N5O. The fourth-order valence-electron chi connectivity index (χ4n) is 2.41. The van der Waals surface area contributed by atoms with E-state index in [9.17, 15) is 13.6 Å². The van der Waals surface area contributed by atoms with Crippen molar-refractivity contribution in [3.05, 3.63) is 12.2 Å². The van der Waals surface area contributed by atoms with Crippen molar-refractivity contribution in [3.8, 4) is 0 Å². The molecule has 0 saturated carbocycles. The minimum Gasteiger partial charge on any atom is -0.328 e. The molecule has 2 heterocycles. The van der Waals surface area contributed by atoms with Gasteiger partial charge in [-0.25, -0.2) is 23.2 Å². The third-order valence-electron chi connectivity index (χ3n) is 3.74. The lowest BCUT2D eigenvalue weighted by Crippen LogP contribution is -2.48. The number of aryl methyl sites for hydroxylation is 1. The van der Waals surface area contributed by atoms with Gasteiger partial charge in [-0.05, 0) is 13.3 Å². The normalized spacial score (nSPS) is 19.3. The number of nitrogens with one attached hydrogen (secondary N) is 1. The number of likely N-dealkylation sites (tertiary alicyclic amines) is 1. The number of nitrogens with zero attached hydrogens (tertiary/aromatic N) is 4. The molecule has 2 amide bonds. The number of hydrogen-bond donors (Lipinski definition) is 1. The Hall–Kier alpha value is -1.73. The molecule has 0 spiro atoms. The quantitative estimate of drug-likeness (QED) is 0.927. The Bertz CT molecular complexity index is 481. The predicted octanol–water partition coefficient (Wildman–Crippen LogP) is 2.19. The minimum absolute atomic E-state index is 0.0791. The second-order valence-electron chi connectivity index (χ2n) is 5.19. The smallest absolute Gasteiger partial charge is 0.317 e. The van der Waals surface area contributed by atoms with Crippen LogP contribution in [0, 0.1) is 0 Å². The van der Waals surface area contributed by atoms with Gasteiger partial charge >= 0.3 is 6.03 Å². The van der Waals surface area contributed by atoms with Gasteiger partial charge in [0.25, 0.3) is 5.92 Å². The van der Waals surface area contributed by atoms with Crippen molar-refractivity contribution in [2.75, 3.05) is 13.1 Å². The van der Waals surface area contributed by atoms with E-state index in [-0.39, 0.29) is 38.0 Å². The summed E-state index contributed by atoms with van der Waals surface area (Å²) in [6.07, 6.45) is 1.56. The van der Waals surface area contributed by atoms with Crippen LogP contribution in [0.2, 0.25) is 0 Å². The average molecular weight is 301 g/mol. The first-order valence-electron chi connectivity index (χ1n) is 7.27. The highest BCUT2D eigenvalue weighted by Gasteiger charge is 2.36. The molecule has 1 saturated heterocycles. The van der Waals surface area contributed by atoms with Crippen LogP contribution in [0.3, 0.4) is 0 Å². The van der Waals surface area contributed by atoms with Gasteiger partial charge in [-0.2, -0.15) is 5.10 Å². The standard InChI is InChI=1S/C13H21F2N5O/c1-3-10(11-16-9-17-20(11)4-2)18-12(21)19-7-5-13(14,15)6-8-19/h9-10H,3-8H2,1-2H3,(H,18,21). The van der Waals surface area contributed by atoms with Crippen LogP contribution >= 0.6 is 0 Å². The van der Waals surface area contributed by atoms with E-state index < -0.39 is 5.92 Å². The van der Waals surface area contributed by atoms with Crippen molar-refractivity contribution in [3.63, 3.8) is 0 Å². The monoisotopic (exact) mass is 301 g/mol. The molecule has 118 valence electrons. The number of hydrogen-bond acceptors (Lipinski definition) is 3. The fourth-order valence-corrected chi connectivity index (χ4v) is 2.41. The van der Waals surface area contributed by atoms with Crippen molar-refractivity contribution in [2.24, 2.45) is 0 Å². The fraction of sp³-hybridized carbons (Fsp3) is 0.769. The molecule has 1 fully saturated rings. The van der Waals surface area contributed by atoms with Gasteiger partial charge in [-0.15, -0.1) is 0 Å². The molecule has 1 N–H and O–H groups in total. The second kappa shape index (κ2) is 6.36. The van der Waals surface area contributed by atoms with Crippen LogP contribution in [-0.2, 0) is 6.54 Å². The largest absolute Gasteiger partial charge is 0.328 e. The Morgan fingerprint density at radius 2 is 2.10 bits per heavy atom. The zero-order chi connectivity index (χ0) is 15.5. The molecule has 2 rings (SSSR count). The number of halogens is 2. The molecule has 8 heteroatoms. The summed E-state index contributed by atoms with van der Waals surface area (Å²) in [5.74, 6) is -1.96. The highest BCUT2D eigenvalue weighted by atomic mass is 19.3. The van der Waals surface area contributed by atoms with Crippen LogP contribution < -0.4 is 5.32 Å². The summed E-state index contributed by atoms with van der Waals surface area (Å²) < 4.78 is 27.9. The van der Waals surface area contributed by atoms with Crippen molar-refractivity contribution >= 4 is 6.03 Å². The predicted molar refractivity (Wildman–Crippen MR) is 73.0 cm³/mol. The van der Waals surface area contributed by atoms with Crippen LogP contribution in [0.4, 0.5) is 13.6 Å². The lowest BCUT2D eigenvalue weighted by molar-refractivity contribution is -0.0471. The van der Waals surface area contributed by atoms with Crippen LogP contribution in [0.25, 0.3) is 0 Å². The molecule has 1 aliphatic rings. The molecule has 0 bridgehead atoms. The first kappa shape index (κ1) is 15.7. The number of carbonyl (C=O) groups excluding carboxylic acids is 1. The summed E-state index contributed by atoms with van der Waals surface area (Å²) >= 11 is 0. The van der Waals surface area contributed by atoms with E-state index in [0.717, 1.165) is 0 Å². The third-order valence-corrected chi connectivity index (χ3v) is 3.74. The number of urea groups is 1. The molecular weight excluding hydrogens is 280 g/mol. The number of alkyl halides is 2. The SMILES string of the molecule is CCC(NC(=O)N1CCC(F)(F)CC1)c1ncnn1CC. The van der Waals surface area contributed by atoms with Gasteiger partial charge in [0.1, 0.15) is 12.2 Å². The van der Waals surface area contributed by atoms with Gasteiger partial charge < -0.3 is 10.2 Å². The molecule has 0 aromatic carbocycles. The van der Waals surface area contributed by atoms with Crippen LogP contribution in [0.1, 0.15) is 45.0 Å². The topological polar surface area (TPSA) is 63.1 Å². The lowest BCUT2D eigenvalue weighted by atomic mass is 10.1. The zero-order valence-corrected chi connectivity index (χ0v) is 12.4. The van der Waals surface area contributed by atoms with Gasteiger partial charge in [0, 0.05) is 32.5 Å². The number of aromatic nitrogens is 3. The van der Waals surface area contributed by atoms with Crippen molar-refractivity contribution in [1.82, 2.24) is 25.0 Å². The molecule has 0 aliphatic carbocycles. The zero-order valence-electron chi connectivity index (χ0n) is 12.4. The molecule has 1 atom stereocenters. The van der Waals surface area contributed by atoms with Crippen molar-refractivity contribution in [1.29, 1.82) is 0 Å². The number of piperidine rings is 1. The summed E-state index contributed by atoms with van der Waals surface area (Å²) in [6, 6.07) is -0.578. The van der Waals surface area contributed by atoms with E-state index in [4.69, 9.17) is 0 Å². The van der Waals surface area contributed by atoms with Crippen LogP contribution in [0.5, 0.6) is 0 Å². The molecule has 1 aliphatic heterocycles. The van der Waals surface area contributed by atoms with E-state index in [2.05, 4.69) is 15.4 Å². The van der Waals surface area contributed by atoms with Gasteiger partial charge in [0.05, 0.1) is 6.04 Å². The Labute approximate surface area is 122 Å². The Balaban J connectivity index is 1.97. The summed E-state index contributed by atoms with van der Waals surface area (Å²) in [4.78, 5) is 17.8. The van der Waals surface area contributed by atoms with E-state index in [0.29, 0.717) is 18.8 Å². The van der Waals surface area contributed by atoms with Crippen LogP contribution in [0.15, 0.2) is 6.33 Å². The maximum atomic E-state index is 13.1. The van der Waals surface area contributed by atoms with Gasteiger partial charge in [0.2, 0.25) is 0 Å². The molecule has 6 nitrogen and oxygen atoms in total. The minimum atomic E-state index is -2.65. The Morgan fingerprint density at radius 3 is 2.67 bits per heavy atom. The number of carbonyl (C=O) groups is 1. The maximum absolute atomic E-state index is 13.1. The second-order valence-corrected chi connectivity index (χ2v) is 5.19. The first-order valence-corrected chi connectivity index (χ1v) is 7.27. The summed E-state index contributed by atoms with van der Waals surface area (Å²) in [7, 11) is 0. The third kappa shape index (κ3) is 3.68. The molecule has 0 radical (unpaired) electrons. The molecule has 1 aromatic heterocycles. The molecule has 21 heavy (non-hydrogen) atoms. The Kier molecular flexibility index (Phi) is 4.74. The number of rotatable bonds is 4. The van der Waals surface area contributed by atoms with Gasteiger partial charge in [-0.3, -0.25) is 0 Å². The van der Waals surface area contributed by atoms with Crippen molar-refractivity contribution < 1.29 is 13.6 Å². The lowest BCUT2D eigenvalue weighted by Gasteiger charge is -2.32. The van der Waals surface area contributed by atoms with Gasteiger partial charge in [-0.1, -0.05) is 6.92 Å². The first-order chi connectivity index (χ1) is 9.96. The summed E-state index contributed by atoms with van der Waals surface area (Å²) in [5.41, 5.74) is 0.